The van der Waals surface area contributed by atoms with Crippen molar-refractivity contribution in [3.63, 3.8) is 0 Å². The molecule has 2 amide bonds. The standard InChI is InChI=1S/C23H27N5O11/c1-36-16-15(32)21(28-6-5-13(30)27-23(28)35)38-17(16)18(19(25)33)39-22-14(31)11(29)8-12(37-22)20(34)26-10-4-2-3-9(24)7-10/h2-8,11,14-18,21-22,29,31-32H,24H2,1H3,(H2,25,33)(H,26,34)(H,27,30,35)/t11-,14-,15+,16-,17-,18+,21+,22+/m0/s1. The number of aromatic amines is 1. The minimum Gasteiger partial charge on any atom is -0.456 e. The highest BCUT2D eigenvalue weighted by Gasteiger charge is 2.52. The van der Waals surface area contributed by atoms with Crippen LogP contribution in [0.2, 0.25) is 0 Å². The largest absolute Gasteiger partial charge is 0.456 e. The first-order chi connectivity index (χ1) is 18.5. The minimum atomic E-state index is -1.81. The molecule has 0 aliphatic carbocycles. The second-order valence-electron chi connectivity index (χ2n) is 8.74. The maximum atomic E-state index is 12.7. The lowest BCUT2D eigenvalue weighted by Crippen LogP contribution is -2.53. The predicted octanol–water partition coefficient (Wildman–Crippen LogP) is -3.14. The van der Waals surface area contributed by atoms with Gasteiger partial charge in [0.05, 0.1) is 0 Å². The van der Waals surface area contributed by atoms with Crippen LogP contribution in [-0.4, -0.2) is 86.7 Å². The van der Waals surface area contributed by atoms with E-state index in [2.05, 4.69) is 5.32 Å². The number of hydrogen-bond donors (Lipinski definition) is 7. The number of nitrogen functional groups attached to an aromatic ring is 1. The van der Waals surface area contributed by atoms with E-state index >= 15 is 0 Å². The number of nitrogens with two attached hydrogens (primary N) is 2. The fraction of sp³-hybridized carbons (Fsp3) is 0.391. The Kier molecular flexibility index (Phi) is 8.14. The van der Waals surface area contributed by atoms with Gasteiger partial charge in [-0.15, -0.1) is 0 Å². The highest BCUT2D eigenvalue weighted by atomic mass is 16.7. The van der Waals surface area contributed by atoms with E-state index in [1.165, 1.54) is 13.2 Å². The number of carbonyl (C=O) groups is 2. The zero-order chi connectivity index (χ0) is 28.4. The van der Waals surface area contributed by atoms with Crippen molar-refractivity contribution in [1.29, 1.82) is 0 Å². The number of ether oxygens (including phenoxy) is 4. The third-order valence-electron chi connectivity index (χ3n) is 6.07. The molecular weight excluding hydrogens is 522 g/mol. The summed E-state index contributed by atoms with van der Waals surface area (Å²) in [5, 5.41) is 34.0. The van der Waals surface area contributed by atoms with Gasteiger partial charge in [0.1, 0.15) is 30.5 Å². The highest BCUT2D eigenvalue weighted by molar-refractivity contribution is 6.02. The number of amides is 2. The number of nitrogens with one attached hydrogen (secondary N) is 2. The summed E-state index contributed by atoms with van der Waals surface area (Å²) in [6, 6.07) is 7.25. The molecule has 0 radical (unpaired) electrons. The number of carbonyl (C=O) groups excluding carboxylic acids is 2. The molecule has 3 heterocycles. The molecule has 0 unspecified atom stereocenters. The number of anilines is 2. The molecule has 2 aliphatic rings. The summed E-state index contributed by atoms with van der Waals surface area (Å²) >= 11 is 0. The number of benzene rings is 1. The first kappa shape index (κ1) is 28.0. The molecule has 1 fully saturated rings. The van der Waals surface area contributed by atoms with Crippen LogP contribution in [0, 0.1) is 0 Å². The van der Waals surface area contributed by atoms with Gasteiger partial charge in [-0.05, 0) is 24.3 Å². The second-order valence-corrected chi connectivity index (χ2v) is 8.74. The highest BCUT2D eigenvalue weighted by Crippen LogP contribution is 2.34. The summed E-state index contributed by atoms with van der Waals surface area (Å²) in [6.45, 7) is 0. The quantitative estimate of drug-likeness (QED) is 0.161. The molecule has 8 atom stereocenters. The van der Waals surface area contributed by atoms with E-state index in [1.807, 2.05) is 4.98 Å². The van der Waals surface area contributed by atoms with Gasteiger partial charge in [0.25, 0.3) is 11.5 Å². The van der Waals surface area contributed by atoms with E-state index in [-0.39, 0.29) is 0 Å². The first-order valence-electron chi connectivity index (χ1n) is 11.5. The second kappa shape index (κ2) is 11.4. The SMILES string of the molecule is CO[C@H]1[C@@H](O)[C@H](n2ccc(=O)[nH]c2=O)O[C@@H]1[C@@H](O[C@H]1OC(C(=O)Nc2cccc(N)c2)=C[C@H](O)[C@@H]1O)C(N)=O. The van der Waals surface area contributed by atoms with Gasteiger partial charge in [-0.1, -0.05) is 6.07 Å². The van der Waals surface area contributed by atoms with E-state index in [4.69, 9.17) is 30.4 Å². The normalized spacial score (nSPS) is 29.2. The Morgan fingerprint density at radius 3 is 2.56 bits per heavy atom. The van der Waals surface area contributed by atoms with Gasteiger partial charge >= 0.3 is 5.69 Å². The van der Waals surface area contributed by atoms with Gasteiger partial charge < -0.3 is 51.1 Å². The smallest absolute Gasteiger partial charge is 0.330 e. The predicted molar refractivity (Wildman–Crippen MR) is 131 cm³/mol. The molecule has 0 spiro atoms. The molecule has 9 N–H and O–H groups in total. The van der Waals surface area contributed by atoms with Gasteiger partial charge in [-0.3, -0.25) is 23.9 Å². The van der Waals surface area contributed by atoms with E-state index < -0.39 is 78.0 Å². The zero-order valence-corrected chi connectivity index (χ0v) is 20.4. The Hall–Kier alpha value is -4.06. The molecule has 0 saturated carbocycles. The molecule has 2 aliphatic heterocycles. The average molecular weight is 549 g/mol. The number of H-pyrrole nitrogens is 1. The topological polar surface area (TPSA) is 251 Å². The molecule has 16 heteroatoms. The van der Waals surface area contributed by atoms with Gasteiger partial charge in [0, 0.05) is 30.7 Å². The van der Waals surface area contributed by atoms with Crippen LogP contribution in [0.4, 0.5) is 11.4 Å². The van der Waals surface area contributed by atoms with Crippen LogP contribution in [0.5, 0.6) is 0 Å². The van der Waals surface area contributed by atoms with Crippen LogP contribution in [-0.2, 0) is 28.5 Å². The molecular formula is C23H27N5O11. The first-order valence-corrected chi connectivity index (χ1v) is 11.5. The molecule has 1 aromatic carbocycles. The fourth-order valence-electron chi connectivity index (χ4n) is 4.20. The van der Waals surface area contributed by atoms with E-state index in [0.717, 1.165) is 22.9 Å². The number of methoxy groups -OCH3 is 1. The van der Waals surface area contributed by atoms with Crippen molar-refractivity contribution in [2.24, 2.45) is 5.73 Å². The van der Waals surface area contributed by atoms with E-state index in [1.54, 1.807) is 18.2 Å². The molecule has 210 valence electrons. The van der Waals surface area contributed by atoms with Gasteiger partial charge in [0.2, 0.25) is 12.2 Å². The third kappa shape index (κ3) is 5.85. The van der Waals surface area contributed by atoms with E-state index in [9.17, 15) is 34.5 Å². The minimum absolute atomic E-state index is 0.317. The van der Waals surface area contributed by atoms with Crippen molar-refractivity contribution >= 4 is 23.2 Å². The summed E-state index contributed by atoms with van der Waals surface area (Å²) < 4.78 is 22.9. The number of rotatable bonds is 8. The lowest BCUT2D eigenvalue weighted by Gasteiger charge is -2.35. The maximum absolute atomic E-state index is 12.7. The molecule has 2 aromatic rings. The van der Waals surface area contributed by atoms with Gasteiger partial charge in [-0.2, -0.15) is 0 Å². The van der Waals surface area contributed by atoms with Crippen molar-refractivity contribution < 1.29 is 43.9 Å². The average Bonchev–Trinajstić information content (AvgIpc) is 3.19. The molecule has 39 heavy (non-hydrogen) atoms. The number of aliphatic hydroxyl groups is 3. The van der Waals surface area contributed by atoms with Crippen LogP contribution in [0.3, 0.4) is 0 Å². The maximum Gasteiger partial charge on any atom is 0.330 e. The van der Waals surface area contributed by atoms with E-state index in [0.29, 0.717) is 11.4 Å². The Morgan fingerprint density at radius 2 is 1.92 bits per heavy atom. The van der Waals surface area contributed by atoms with Gasteiger partial charge in [0.15, 0.2) is 18.1 Å². The molecule has 0 bridgehead atoms. The number of primary amides is 1. The summed E-state index contributed by atoms with van der Waals surface area (Å²) in [5.41, 5.74) is 10.3. The monoisotopic (exact) mass is 549 g/mol. The third-order valence-corrected chi connectivity index (χ3v) is 6.07. The Balaban J connectivity index is 1.55. The number of aromatic nitrogens is 2. The molecule has 1 saturated heterocycles. The van der Waals surface area contributed by atoms with Crippen molar-refractivity contribution in [2.75, 3.05) is 18.2 Å². The fourth-order valence-corrected chi connectivity index (χ4v) is 4.20. The van der Waals surface area contributed by atoms with Crippen molar-refractivity contribution in [3.05, 3.63) is 69.2 Å². The summed E-state index contributed by atoms with van der Waals surface area (Å²) in [5.74, 6) is -2.42. The lowest BCUT2D eigenvalue weighted by atomic mass is 10.0. The molecule has 4 rings (SSSR count). The number of nitrogens with zero attached hydrogens (tertiary/aromatic N) is 1. The zero-order valence-electron chi connectivity index (χ0n) is 20.4. The van der Waals surface area contributed by atoms with Crippen molar-refractivity contribution in [2.45, 2.75) is 49.1 Å². The lowest BCUT2D eigenvalue weighted by molar-refractivity contribution is -0.241. The molecule has 1 aromatic heterocycles. The Bertz CT molecular complexity index is 1370. The van der Waals surface area contributed by atoms with Crippen LogP contribution >= 0.6 is 0 Å². The summed E-state index contributed by atoms with van der Waals surface area (Å²) in [7, 11) is 1.19. The van der Waals surface area contributed by atoms with Crippen LogP contribution in [0.25, 0.3) is 0 Å². The summed E-state index contributed by atoms with van der Waals surface area (Å²) in [6.07, 6.45) is -10.7. The van der Waals surface area contributed by atoms with Gasteiger partial charge in [-0.25, -0.2) is 4.79 Å². The molecule has 16 nitrogen and oxygen atoms in total. The van der Waals surface area contributed by atoms with Crippen LogP contribution < -0.4 is 28.0 Å². The van der Waals surface area contributed by atoms with Crippen molar-refractivity contribution in [1.82, 2.24) is 9.55 Å². The number of hydrogen-bond acceptors (Lipinski definition) is 12. The van der Waals surface area contributed by atoms with Crippen LogP contribution in [0.15, 0.2) is 58.0 Å². The Morgan fingerprint density at radius 1 is 1.18 bits per heavy atom. The van der Waals surface area contributed by atoms with Crippen LogP contribution in [0.1, 0.15) is 6.23 Å². The number of aliphatic hydroxyl groups excluding tert-OH is 3. The summed E-state index contributed by atoms with van der Waals surface area (Å²) in [4.78, 5) is 50.8. The Labute approximate surface area is 219 Å². The van der Waals surface area contributed by atoms with Crippen molar-refractivity contribution in [3.8, 4) is 0 Å².